The third-order valence-corrected chi connectivity index (χ3v) is 2.58. The number of carbonyl (C=O) groups is 1. The average Bonchev–Trinajstić information content (AvgIpc) is 2.22. The highest BCUT2D eigenvalue weighted by molar-refractivity contribution is 5.72. The first kappa shape index (κ1) is 13.9. The molecule has 0 aliphatic heterocycles. The van der Waals surface area contributed by atoms with Crippen LogP contribution in [0.15, 0.2) is 24.8 Å². The summed E-state index contributed by atoms with van der Waals surface area (Å²) in [5.41, 5.74) is 0. The summed E-state index contributed by atoms with van der Waals surface area (Å²) in [5.74, 6) is -0.646. The zero-order valence-electron chi connectivity index (χ0n) is 9.78. The Balaban J connectivity index is 4.04. The van der Waals surface area contributed by atoms with E-state index in [1.54, 1.807) is 0 Å². The van der Waals surface area contributed by atoms with Gasteiger partial charge in [-0.05, 0) is 25.2 Å². The van der Waals surface area contributed by atoms with Crippen molar-refractivity contribution in [3.63, 3.8) is 0 Å². The van der Waals surface area contributed by atoms with Crippen molar-refractivity contribution >= 4 is 5.97 Å². The van der Waals surface area contributed by atoms with Gasteiger partial charge in [-0.25, -0.2) is 0 Å². The summed E-state index contributed by atoms with van der Waals surface area (Å²) in [6.07, 6.45) is 9.64. The first-order valence-corrected chi connectivity index (χ1v) is 5.67. The predicted octanol–water partition coefficient (Wildman–Crippen LogP) is 3.65. The Morgan fingerprint density at radius 3 is 2.53 bits per heavy atom. The van der Waals surface area contributed by atoms with Gasteiger partial charge in [0.25, 0.3) is 0 Å². The minimum Gasteiger partial charge on any atom is -0.481 e. The lowest BCUT2D eigenvalue weighted by atomic mass is 9.98. The van der Waals surface area contributed by atoms with Crippen LogP contribution in [0, 0.1) is 11.8 Å². The minimum atomic E-state index is -0.793. The van der Waals surface area contributed by atoms with E-state index in [-0.39, 0.29) is 0 Å². The van der Waals surface area contributed by atoms with Crippen LogP contribution in [0.5, 0.6) is 0 Å². The smallest absolute Gasteiger partial charge is 0.310 e. The molecule has 0 bridgehead atoms. The van der Waals surface area contributed by atoms with Gasteiger partial charge in [0.05, 0.1) is 5.92 Å². The maximum Gasteiger partial charge on any atom is 0.310 e. The fourth-order valence-electron chi connectivity index (χ4n) is 1.52. The monoisotopic (exact) mass is 210 g/mol. The zero-order chi connectivity index (χ0) is 11.7. The number of allylic oxidation sites excluding steroid dienone is 2. The highest BCUT2D eigenvalue weighted by atomic mass is 16.4. The van der Waals surface area contributed by atoms with Gasteiger partial charge in [-0.3, -0.25) is 4.79 Å². The summed E-state index contributed by atoms with van der Waals surface area (Å²) in [7, 11) is 0. The van der Waals surface area contributed by atoms with Crippen molar-refractivity contribution in [1.29, 1.82) is 0 Å². The molecule has 15 heavy (non-hydrogen) atoms. The summed E-state index contributed by atoms with van der Waals surface area (Å²) in [5, 5.41) is 8.79. The highest BCUT2D eigenvalue weighted by Crippen LogP contribution is 2.14. The van der Waals surface area contributed by atoms with Crippen molar-refractivity contribution in [2.24, 2.45) is 11.8 Å². The van der Waals surface area contributed by atoms with Crippen LogP contribution in [0.4, 0.5) is 0 Å². The van der Waals surface area contributed by atoms with E-state index in [4.69, 9.17) is 5.11 Å². The molecule has 0 radical (unpaired) electrons. The normalized spacial score (nSPS) is 15.1. The van der Waals surface area contributed by atoms with E-state index >= 15 is 0 Å². The van der Waals surface area contributed by atoms with Gasteiger partial charge in [-0.15, -0.1) is 6.58 Å². The van der Waals surface area contributed by atoms with Gasteiger partial charge < -0.3 is 5.11 Å². The van der Waals surface area contributed by atoms with Crippen LogP contribution in [0.1, 0.15) is 39.5 Å². The summed E-state index contributed by atoms with van der Waals surface area (Å²) < 4.78 is 0. The molecular formula is C13H22O2. The number of hydrogen-bond donors (Lipinski definition) is 1. The summed E-state index contributed by atoms with van der Waals surface area (Å²) in [6, 6.07) is 0. The molecule has 0 amide bonds. The molecule has 0 aliphatic carbocycles. The van der Waals surface area contributed by atoms with Gasteiger partial charge >= 0.3 is 5.97 Å². The molecule has 2 unspecified atom stereocenters. The van der Waals surface area contributed by atoms with Crippen LogP contribution in [0.25, 0.3) is 0 Å². The van der Waals surface area contributed by atoms with Crippen LogP contribution in [0.2, 0.25) is 0 Å². The summed E-state index contributed by atoms with van der Waals surface area (Å²) >= 11 is 0. The van der Waals surface area contributed by atoms with Gasteiger partial charge in [0.1, 0.15) is 0 Å². The molecule has 86 valence electrons. The molecule has 0 rings (SSSR count). The SMILES string of the molecule is C=CC(CC=CC(CC)CCC)C(=O)O. The van der Waals surface area contributed by atoms with Crippen LogP contribution in [0.3, 0.4) is 0 Å². The van der Waals surface area contributed by atoms with Crippen molar-refractivity contribution in [3.05, 3.63) is 24.8 Å². The van der Waals surface area contributed by atoms with Crippen LogP contribution >= 0.6 is 0 Å². The van der Waals surface area contributed by atoms with Crippen molar-refractivity contribution in [3.8, 4) is 0 Å². The second-order valence-corrected chi connectivity index (χ2v) is 3.80. The molecule has 0 aromatic rings. The quantitative estimate of drug-likeness (QED) is 0.621. The number of carboxylic acids is 1. The van der Waals surface area contributed by atoms with E-state index in [2.05, 4.69) is 26.5 Å². The molecule has 0 aliphatic rings. The maximum absolute atomic E-state index is 10.7. The van der Waals surface area contributed by atoms with E-state index in [9.17, 15) is 4.79 Å². The van der Waals surface area contributed by atoms with Gasteiger partial charge in [0.15, 0.2) is 0 Å². The molecule has 0 saturated heterocycles. The van der Waals surface area contributed by atoms with Crippen molar-refractivity contribution in [2.75, 3.05) is 0 Å². The Morgan fingerprint density at radius 2 is 2.13 bits per heavy atom. The van der Waals surface area contributed by atoms with Crippen LogP contribution in [-0.4, -0.2) is 11.1 Å². The molecule has 0 saturated carbocycles. The summed E-state index contributed by atoms with van der Waals surface area (Å²) in [6.45, 7) is 7.85. The molecule has 2 nitrogen and oxygen atoms in total. The Hall–Kier alpha value is -1.05. The molecule has 0 spiro atoms. The molecule has 1 N–H and O–H groups in total. The fraction of sp³-hybridized carbons (Fsp3) is 0.615. The van der Waals surface area contributed by atoms with Gasteiger partial charge in [0.2, 0.25) is 0 Å². The zero-order valence-corrected chi connectivity index (χ0v) is 9.78. The molecule has 0 fully saturated rings. The minimum absolute atomic E-state index is 0.444. The first-order valence-electron chi connectivity index (χ1n) is 5.67. The lowest BCUT2D eigenvalue weighted by molar-refractivity contribution is -0.139. The molecular weight excluding hydrogens is 188 g/mol. The third kappa shape index (κ3) is 6.10. The first-order chi connectivity index (χ1) is 7.15. The lowest BCUT2D eigenvalue weighted by Gasteiger charge is -2.08. The lowest BCUT2D eigenvalue weighted by Crippen LogP contribution is -2.09. The standard InChI is InChI=1S/C13H22O2/c1-4-8-11(5-2)9-7-10-12(6-3)13(14)15/h6-7,9,11-12H,3-5,8,10H2,1-2H3,(H,14,15). The highest BCUT2D eigenvalue weighted by Gasteiger charge is 2.10. The molecule has 0 aromatic carbocycles. The van der Waals surface area contributed by atoms with E-state index in [1.165, 1.54) is 18.9 Å². The molecule has 0 aromatic heterocycles. The Morgan fingerprint density at radius 1 is 1.47 bits per heavy atom. The number of hydrogen-bond acceptors (Lipinski definition) is 1. The van der Waals surface area contributed by atoms with Gasteiger partial charge in [-0.1, -0.05) is 38.5 Å². The second kappa shape index (κ2) is 8.27. The topological polar surface area (TPSA) is 37.3 Å². The second-order valence-electron chi connectivity index (χ2n) is 3.80. The molecule has 2 atom stereocenters. The average molecular weight is 210 g/mol. The largest absolute Gasteiger partial charge is 0.481 e. The van der Waals surface area contributed by atoms with E-state index in [1.807, 2.05) is 6.08 Å². The van der Waals surface area contributed by atoms with Gasteiger partial charge in [-0.2, -0.15) is 0 Å². The Labute approximate surface area is 92.7 Å². The van der Waals surface area contributed by atoms with Gasteiger partial charge in [0, 0.05) is 0 Å². The maximum atomic E-state index is 10.7. The van der Waals surface area contributed by atoms with E-state index in [0.29, 0.717) is 12.3 Å². The van der Waals surface area contributed by atoms with Crippen LogP contribution < -0.4 is 0 Å². The van der Waals surface area contributed by atoms with E-state index < -0.39 is 11.9 Å². The number of rotatable bonds is 8. The van der Waals surface area contributed by atoms with E-state index in [0.717, 1.165) is 6.42 Å². The number of aliphatic carboxylic acids is 1. The van der Waals surface area contributed by atoms with Crippen molar-refractivity contribution in [1.82, 2.24) is 0 Å². The molecule has 0 heterocycles. The Bertz CT molecular complexity index is 219. The van der Waals surface area contributed by atoms with Crippen LogP contribution in [-0.2, 0) is 4.79 Å². The predicted molar refractivity (Wildman–Crippen MR) is 63.8 cm³/mol. The Kier molecular flexibility index (Phi) is 7.69. The van der Waals surface area contributed by atoms with Crippen molar-refractivity contribution < 1.29 is 9.90 Å². The number of carboxylic acid groups (broad SMARTS) is 1. The van der Waals surface area contributed by atoms with Crippen molar-refractivity contribution in [2.45, 2.75) is 39.5 Å². The third-order valence-electron chi connectivity index (χ3n) is 2.58. The molecule has 2 heteroatoms. The fourth-order valence-corrected chi connectivity index (χ4v) is 1.52. The summed E-state index contributed by atoms with van der Waals surface area (Å²) in [4.78, 5) is 10.7.